The lowest BCUT2D eigenvalue weighted by atomic mass is 10.1. The third-order valence-corrected chi connectivity index (χ3v) is 3.67. The van der Waals surface area contributed by atoms with E-state index in [4.69, 9.17) is 5.73 Å². The number of hydrogen-bond donors (Lipinski definition) is 1. The molecule has 19 heavy (non-hydrogen) atoms. The molecule has 0 aliphatic carbocycles. The molecular formula is C14H17N3OS. The summed E-state index contributed by atoms with van der Waals surface area (Å²) in [6, 6.07) is 8.14. The third-order valence-electron chi connectivity index (χ3n) is 2.79. The summed E-state index contributed by atoms with van der Waals surface area (Å²) in [6.07, 6.45) is 0. The van der Waals surface area contributed by atoms with Gasteiger partial charge in [0.15, 0.2) is 0 Å². The van der Waals surface area contributed by atoms with Gasteiger partial charge >= 0.3 is 0 Å². The molecule has 0 bridgehead atoms. The second-order valence-corrected chi connectivity index (χ2v) is 5.42. The summed E-state index contributed by atoms with van der Waals surface area (Å²) in [5, 5.41) is 2.55. The predicted molar refractivity (Wildman–Crippen MR) is 77.0 cm³/mol. The van der Waals surface area contributed by atoms with Gasteiger partial charge < -0.3 is 10.6 Å². The van der Waals surface area contributed by atoms with Gasteiger partial charge in [0.25, 0.3) is 5.91 Å². The van der Waals surface area contributed by atoms with Gasteiger partial charge in [-0.3, -0.25) is 4.79 Å². The Balaban J connectivity index is 2.07. The smallest absolute Gasteiger partial charge is 0.273 e. The highest BCUT2D eigenvalue weighted by Crippen LogP contribution is 2.13. The molecule has 2 rings (SSSR count). The van der Waals surface area contributed by atoms with Crippen molar-refractivity contribution in [1.29, 1.82) is 0 Å². The third kappa shape index (κ3) is 3.39. The van der Waals surface area contributed by atoms with E-state index in [1.165, 1.54) is 16.9 Å². The number of aryl methyl sites for hydroxylation is 1. The van der Waals surface area contributed by atoms with Gasteiger partial charge in [0.2, 0.25) is 0 Å². The van der Waals surface area contributed by atoms with Crippen molar-refractivity contribution >= 4 is 17.2 Å². The predicted octanol–water partition coefficient (Wildman–Crippen LogP) is 2.18. The van der Waals surface area contributed by atoms with Crippen LogP contribution < -0.4 is 5.73 Å². The molecule has 0 spiro atoms. The Hall–Kier alpha value is -1.72. The highest BCUT2D eigenvalue weighted by atomic mass is 32.1. The van der Waals surface area contributed by atoms with E-state index in [1.54, 1.807) is 17.3 Å². The van der Waals surface area contributed by atoms with E-state index in [2.05, 4.69) is 11.1 Å². The number of aromatic nitrogens is 1. The quantitative estimate of drug-likeness (QED) is 0.930. The summed E-state index contributed by atoms with van der Waals surface area (Å²) < 4.78 is 0. The van der Waals surface area contributed by atoms with Crippen molar-refractivity contribution in [3.63, 3.8) is 0 Å². The van der Waals surface area contributed by atoms with Gasteiger partial charge in [-0.1, -0.05) is 29.8 Å². The summed E-state index contributed by atoms with van der Waals surface area (Å²) >= 11 is 1.42. The van der Waals surface area contributed by atoms with E-state index in [0.29, 0.717) is 18.8 Å². The second-order valence-electron chi connectivity index (χ2n) is 4.48. The molecule has 5 heteroatoms. The van der Waals surface area contributed by atoms with Crippen molar-refractivity contribution in [3.8, 4) is 0 Å². The SMILES string of the molecule is Cc1cccc(CN(C)C(=O)c2csc(CN)n2)c1. The monoisotopic (exact) mass is 275 g/mol. The number of amides is 1. The maximum atomic E-state index is 12.2. The number of thiazole rings is 1. The van der Waals surface area contributed by atoms with Gasteiger partial charge in [-0.25, -0.2) is 4.98 Å². The molecule has 1 amide bonds. The van der Waals surface area contributed by atoms with Gasteiger partial charge in [-0.05, 0) is 12.5 Å². The molecule has 1 heterocycles. The van der Waals surface area contributed by atoms with E-state index >= 15 is 0 Å². The zero-order valence-electron chi connectivity index (χ0n) is 11.1. The first-order valence-corrected chi connectivity index (χ1v) is 6.93. The van der Waals surface area contributed by atoms with Crippen LogP contribution in [-0.2, 0) is 13.1 Å². The van der Waals surface area contributed by atoms with Crippen LogP contribution in [0.1, 0.15) is 26.6 Å². The van der Waals surface area contributed by atoms with E-state index in [0.717, 1.165) is 10.6 Å². The standard InChI is InChI=1S/C14H17N3OS/c1-10-4-3-5-11(6-10)8-17(2)14(18)12-9-19-13(7-15)16-12/h3-6,9H,7-8,15H2,1-2H3. The van der Waals surface area contributed by atoms with Crippen molar-refractivity contribution in [2.24, 2.45) is 5.73 Å². The lowest BCUT2D eigenvalue weighted by molar-refractivity contribution is 0.0780. The minimum Gasteiger partial charge on any atom is -0.336 e. The summed E-state index contributed by atoms with van der Waals surface area (Å²) in [6.45, 7) is 2.99. The fourth-order valence-electron chi connectivity index (χ4n) is 1.85. The molecule has 0 aliphatic rings. The molecule has 0 saturated carbocycles. The molecule has 2 aromatic rings. The normalized spacial score (nSPS) is 10.5. The molecule has 100 valence electrons. The van der Waals surface area contributed by atoms with Crippen LogP contribution in [-0.4, -0.2) is 22.8 Å². The first kappa shape index (κ1) is 13.7. The number of rotatable bonds is 4. The molecule has 0 unspecified atom stereocenters. The number of nitrogens with zero attached hydrogens (tertiary/aromatic N) is 2. The van der Waals surface area contributed by atoms with E-state index < -0.39 is 0 Å². The first-order valence-electron chi connectivity index (χ1n) is 6.05. The average molecular weight is 275 g/mol. The summed E-state index contributed by atoms with van der Waals surface area (Å²) in [5.41, 5.74) is 8.28. The number of hydrogen-bond acceptors (Lipinski definition) is 4. The lowest BCUT2D eigenvalue weighted by Gasteiger charge is -2.16. The minimum absolute atomic E-state index is 0.0718. The molecule has 0 fully saturated rings. The maximum absolute atomic E-state index is 12.2. The number of benzene rings is 1. The molecule has 0 radical (unpaired) electrons. The fourth-order valence-corrected chi connectivity index (χ4v) is 2.50. The molecule has 0 saturated heterocycles. The van der Waals surface area contributed by atoms with Gasteiger partial charge in [0.05, 0.1) is 0 Å². The van der Waals surface area contributed by atoms with E-state index in [-0.39, 0.29) is 5.91 Å². The summed E-state index contributed by atoms with van der Waals surface area (Å²) in [4.78, 5) is 18.1. The average Bonchev–Trinajstić information content (AvgIpc) is 2.86. The second kappa shape index (κ2) is 5.95. The van der Waals surface area contributed by atoms with Crippen LogP contribution in [0.4, 0.5) is 0 Å². The van der Waals surface area contributed by atoms with Crippen molar-refractivity contribution in [3.05, 3.63) is 51.5 Å². The summed E-state index contributed by atoms with van der Waals surface area (Å²) in [5.74, 6) is -0.0718. The Labute approximate surface area is 116 Å². The fraction of sp³-hybridized carbons (Fsp3) is 0.286. The van der Waals surface area contributed by atoms with Gasteiger partial charge in [-0.15, -0.1) is 11.3 Å². The Morgan fingerprint density at radius 2 is 2.26 bits per heavy atom. The van der Waals surface area contributed by atoms with Gasteiger partial charge in [0.1, 0.15) is 10.7 Å². The van der Waals surface area contributed by atoms with Crippen LogP contribution in [0.15, 0.2) is 29.6 Å². The van der Waals surface area contributed by atoms with Crippen LogP contribution >= 0.6 is 11.3 Å². The molecule has 1 aromatic heterocycles. The topological polar surface area (TPSA) is 59.2 Å². The Bertz CT molecular complexity index is 580. The first-order chi connectivity index (χ1) is 9.10. The molecule has 4 nitrogen and oxygen atoms in total. The van der Waals surface area contributed by atoms with Crippen LogP contribution in [0.25, 0.3) is 0 Å². The zero-order valence-corrected chi connectivity index (χ0v) is 11.9. The number of nitrogens with two attached hydrogens (primary N) is 1. The van der Waals surface area contributed by atoms with Gasteiger partial charge in [-0.2, -0.15) is 0 Å². The van der Waals surface area contributed by atoms with E-state index in [9.17, 15) is 4.79 Å². The minimum atomic E-state index is -0.0718. The van der Waals surface area contributed by atoms with Crippen molar-refractivity contribution < 1.29 is 4.79 Å². The molecule has 0 aliphatic heterocycles. The lowest BCUT2D eigenvalue weighted by Crippen LogP contribution is -2.26. The molecular weight excluding hydrogens is 258 g/mol. The Morgan fingerprint density at radius 1 is 1.47 bits per heavy atom. The zero-order chi connectivity index (χ0) is 13.8. The highest BCUT2D eigenvalue weighted by Gasteiger charge is 2.15. The molecule has 1 aromatic carbocycles. The number of carbonyl (C=O) groups excluding carboxylic acids is 1. The van der Waals surface area contributed by atoms with Crippen molar-refractivity contribution in [1.82, 2.24) is 9.88 Å². The molecule has 0 atom stereocenters. The highest BCUT2D eigenvalue weighted by molar-refractivity contribution is 7.09. The van der Waals surface area contributed by atoms with E-state index in [1.807, 2.05) is 25.1 Å². The maximum Gasteiger partial charge on any atom is 0.273 e. The molecule has 2 N–H and O–H groups in total. The van der Waals surface area contributed by atoms with Crippen molar-refractivity contribution in [2.45, 2.75) is 20.0 Å². The van der Waals surface area contributed by atoms with Crippen LogP contribution in [0, 0.1) is 6.92 Å². The largest absolute Gasteiger partial charge is 0.336 e. The van der Waals surface area contributed by atoms with Crippen LogP contribution in [0.2, 0.25) is 0 Å². The van der Waals surface area contributed by atoms with Crippen molar-refractivity contribution in [2.75, 3.05) is 7.05 Å². The van der Waals surface area contributed by atoms with Crippen LogP contribution in [0.3, 0.4) is 0 Å². The number of carbonyl (C=O) groups is 1. The Morgan fingerprint density at radius 3 is 2.89 bits per heavy atom. The van der Waals surface area contributed by atoms with Crippen LogP contribution in [0.5, 0.6) is 0 Å². The summed E-state index contributed by atoms with van der Waals surface area (Å²) in [7, 11) is 1.78. The Kier molecular flexibility index (Phi) is 4.29. The van der Waals surface area contributed by atoms with Gasteiger partial charge in [0, 0.05) is 25.5 Å².